The highest BCUT2D eigenvalue weighted by molar-refractivity contribution is 6.64. The molecule has 0 N–H and O–H groups in total. The van der Waals surface area contributed by atoms with Gasteiger partial charge in [-0.15, -0.1) is 0 Å². The van der Waals surface area contributed by atoms with Crippen molar-refractivity contribution in [3.05, 3.63) is 0 Å². The summed E-state index contributed by atoms with van der Waals surface area (Å²) in [5, 5.41) is -0.308. The molecule has 1 fully saturated rings. The lowest BCUT2D eigenvalue weighted by Gasteiger charge is -2.31. The Morgan fingerprint density at radius 2 is 2.13 bits per heavy atom. The van der Waals surface area contributed by atoms with Gasteiger partial charge in [-0.05, 0) is 30.4 Å². The number of carbonyl (C=O) groups is 2. The van der Waals surface area contributed by atoms with Gasteiger partial charge in [-0.25, -0.2) is 0 Å². The number of rotatable bonds is 3. The number of hydrogen-bond donors (Lipinski definition) is 0. The first kappa shape index (κ1) is 12.5. The maximum Gasteiger partial charge on any atom is 0.226 e. The monoisotopic (exact) mass is 231 g/mol. The summed E-state index contributed by atoms with van der Waals surface area (Å²) >= 11 is 5.46. The number of nitrogens with zero attached hydrogens (tertiary/aromatic N) is 1. The fourth-order valence-electron chi connectivity index (χ4n) is 1.87. The summed E-state index contributed by atoms with van der Waals surface area (Å²) < 4.78 is 0. The minimum atomic E-state index is -0.308. The number of piperidine rings is 1. The van der Waals surface area contributed by atoms with Gasteiger partial charge in [0.25, 0.3) is 0 Å². The summed E-state index contributed by atoms with van der Waals surface area (Å²) in [4.78, 5) is 24.5. The molecule has 0 aromatic carbocycles. The van der Waals surface area contributed by atoms with Crippen molar-refractivity contribution in [2.75, 3.05) is 13.1 Å². The van der Waals surface area contributed by atoms with Crippen LogP contribution in [-0.4, -0.2) is 29.1 Å². The maximum atomic E-state index is 11.7. The Balaban J connectivity index is 2.48. The van der Waals surface area contributed by atoms with Gasteiger partial charge in [0.1, 0.15) is 0 Å². The van der Waals surface area contributed by atoms with E-state index in [1.807, 2.05) is 13.8 Å². The molecule has 0 aliphatic carbocycles. The Hall–Kier alpha value is -0.570. The van der Waals surface area contributed by atoms with Crippen molar-refractivity contribution in [2.45, 2.75) is 33.1 Å². The Labute approximate surface area is 95.8 Å². The van der Waals surface area contributed by atoms with Crippen molar-refractivity contribution in [3.8, 4) is 0 Å². The molecule has 15 heavy (non-hydrogen) atoms. The van der Waals surface area contributed by atoms with E-state index in [1.165, 1.54) is 0 Å². The van der Waals surface area contributed by atoms with E-state index in [2.05, 4.69) is 0 Å². The van der Waals surface area contributed by atoms with E-state index >= 15 is 0 Å². The van der Waals surface area contributed by atoms with Crippen molar-refractivity contribution in [3.63, 3.8) is 0 Å². The van der Waals surface area contributed by atoms with Crippen molar-refractivity contribution in [1.82, 2.24) is 4.90 Å². The number of halogens is 1. The number of likely N-dealkylation sites (tertiary alicyclic amines) is 1. The lowest BCUT2D eigenvalue weighted by molar-refractivity contribution is -0.134. The highest BCUT2D eigenvalue weighted by Crippen LogP contribution is 2.20. The van der Waals surface area contributed by atoms with Gasteiger partial charge in [0.05, 0.1) is 5.92 Å². The smallest absolute Gasteiger partial charge is 0.226 e. The molecule has 1 aliphatic heterocycles. The van der Waals surface area contributed by atoms with Crippen molar-refractivity contribution >= 4 is 22.8 Å². The molecule has 1 atom stereocenters. The first-order chi connectivity index (χ1) is 7.00. The van der Waals surface area contributed by atoms with Crippen molar-refractivity contribution < 1.29 is 9.59 Å². The van der Waals surface area contributed by atoms with Crippen molar-refractivity contribution in [2.24, 2.45) is 11.8 Å². The SMILES string of the molecule is CC(C)CC(=O)N1CCCC(C(=O)Cl)C1. The van der Waals surface area contributed by atoms with Crippen LogP contribution in [0.25, 0.3) is 0 Å². The molecule has 1 unspecified atom stereocenters. The number of amides is 1. The van der Waals surface area contributed by atoms with Crippen LogP contribution in [0.5, 0.6) is 0 Å². The third-order valence-electron chi connectivity index (χ3n) is 2.68. The van der Waals surface area contributed by atoms with Gasteiger partial charge in [-0.1, -0.05) is 13.8 Å². The van der Waals surface area contributed by atoms with Crippen LogP contribution >= 0.6 is 11.6 Å². The Kier molecular flexibility index (Phi) is 4.58. The highest BCUT2D eigenvalue weighted by Gasteiger charge is 2.27. The molecule has 1 aliphatic rings. The van der Waals surface area contributed by atoms with E-state index in [4.69, 9.17) is 11.6 Å². The quantitative estimate of drug-likeness (QED) is 0.697. The van der Waals surface area contributed by atoms with Gasteiger partial charge in [-0.2, -0.15) is 0 Å². The summed E-state index contributed by atoms with van der Waals surface area (Å²) in [6.07, 6.45) is 2.25. The van der Waals surface area contributed by atoms with Gasteiger partial charge in [-0.3, -0.25) is 9.59 Å². The Morgan fingerprint density at radius 3 is 2.67 bits per heavy atom. The predicted octanol–water partition coefficient (Wildman–Crippen LogP) is 2.04. The predicted molar refractivity (Wildman–Crippen MR) is 59.6 cm³/mol. The number of carbonyl (C=O) groups excluding carboxylic acids is 2. The van der Waals surface area contributed by atoms with Gasteiger partial charge in [0.2, 0.25) is 11.1 Å². The van der Waals surface area contributed by atoms with Crippen LogP contribution < -0.4 is 0 Å². The van der Waals surface area contributed by atoms with Crippen LogP contribution in [0.2, 0.25) is 0 Å². The van der Waals surface area contributed by atoms with E-state index in [1.54, 1.807) is 4.90 Å². The van der Waals surface area contributed by atoms with E-state index in [0.29, 0.717) is 18.9 Å². The Bertz CT molecular complexity index is 253. The summed E-state index contributed by atoms with van der Waals surface area (Å²) in [5.41, 5.74) is 0. The topological polar surface area (TPSA) is 37.4 Å². The third kappa shape index (κ3) is 3.82. The van der Waals surface area contributed by atoms with Crippen LogP contribution in [0.3, 0.4) is 0 Å². The van der Waals surface area contributed by atoms with Crippen LogP contribution in [0, 0.1) is 11.8 Å². The fourth-order valence-corrected chi connectivity index (χ4v) is 2.05. The average Bonchev–Trinajstić information content (AvgIpc) is 2.17. The molecule has 86 valence electrons. The molecule has 0 spiro atoms. The molecule has 0 bridgehead atoms. The summed E-state index contributed by atoms with van der Waals surface area (Å²) in [6.45, 7) is 5.32. The molecule has 1 amide bonds. The largest absolute Gasteiger partial charge is 0.342 e. The van der Waals surface area contributed by atoms with Crippen LogP contribution in [0.1, 0.15) is 33.1 Å². The lowest BCUT2D eigenvalue weighted by Crippen LogP contribution is -2.41. The van der Waals surface area contributed by atoms with E-state index < -0.39 is 0 Å². The zero-order valence-electron chi connectivity index (χ0n) is 9.33. The van der Waals surface area contributed by atoms with E-state index in [0.717, 1.165) is 19.4 Å². The third-order valence-corrected chi connectivity index (χ3v) is 2.99. The molecule has 1 rings (SSSR count). The van der Waals surface area contributed by atoms with Crippen LogP contribution in [-0.2, 0) is 9.59 Å². The fraction of sp³-hybridized carbons (Fsp3) is 0.818. The molecular formula is C11H18ClNO2. The highest BCUT2D eigenvalue weighted by atomic mass is 35.5. The normalized spacial score (nSPS) is 21.9. The average molecular weight is 232 g/mol. The van der Waals surface area contributed by atoms with E-state index in [9.17, 15) is 9.59 Å². The van der Waals surface area contributed by atoms with Crippen molar-refractivity contribution in [1.29, 1.82) is 0 Å². The molecule has 0 aromatic heterocycles. The molecule has 4 heteroatoms. The summed E-state index contributed by atoms with van der Waals surface area (Å²) in [6, 6.07) is 0. The minimum Gasteiger partial charge on any atom is -0.342 e. The summed E-state index contributed by atoms with van der Waals surface area (Å²) in [7, 11) is 0. The Morgan fingerprint density at radius 1 is 1.47 bits per heavy atom. The standard InChI is InChI=1S/C11H18ClNO2/c1-8(2)6-10(14)13-5-3-4-9(7-13)11(12)15/h8-9H,3-7H2,1-2H3. The maximum absolute atomic E-state index is 11.7. The molecule has 0 aromatic rings. The van der Waals surface area contributed by atoms with E-state index in [-0.39, 0.29) is 17.1 Å². The molecule has 0 radical (unpaired) electrons. The molecular weight excluding hydrogens is 214 g/mol. The second-order valence-corrected chi connectivity index (χ2v) is 4.95. The molecule has 1 saturated heterocycles. The van der Waals surface area contributed by atoms with Crippen LogP contribution in [0.15, 0.2) is 0 Å². The molecule has 3 nitrogen and oxygen atoms in total. The first-order valence-electron chi connectivity index (χ1n) is 5.47. The second kappa shape index (κ2) is 5.50. The number of hydrogen-bond acceptors (Lipinski definition) is 2. The van der Waals surface area contributed by atoms with Gasteiger partial charge in [0.15, 0.2) is 0 Å². The van der Waals surface area contributed by atoms with Gasteiger partial charge in [0, 0.05) is 19.5 Å². The molecule has 1 heterocycles. The lowest BCUT2D eigenvalue weighted by atomic mass is 9.98. The second-order valence-electron chi connectivity index (χ2n) is 4.58. The minimum absolute atomic E-state index is 0.146. The van der Waals surface area contributed by atoms with Crippen LogP contribution in [0.4, 0.5) is 0 Å². The van der Waals surface area contributed by atoms with Gasteiger partial charge >= 0.3 is 0 Å². The molecule has 0 saturated carbocycles. The summed E-state index contributed by atoms with van der Waals surface area (Å²) in [5.74, 6) is 0.355. The van der Waals surface area contributed by atoms with Gasteiger partial charge < -0.3 is 4.90 Å². The first-order valence-corrected chi connectivity index (χ1v) is 5.85. The zero-order chi connectivity index (χ0) is 11.4. The zero-order valence-corrected chi connectivity index (χ0v) is 10.1.